The second kappa shape index (κ2) is 11.7. The smallest absolute Gasteiger partial charge is 0.257 e. The van der Waals surface area contributed by atoms with Gasteiger partial charge in [-0.3, -0.25) is 9.69 Å². The molecule has 1 unspecified atom stereocenters. The molecule has 5 nitrogen and oxygen atoms in total. The zero-order chi connectivity index (χ0) is 29.5. The Bertz CT molecular complexity index is 1410. The molecule has 2 aliphatic rings. The minimum Gasteiger partial charge on any atom is -0.385 e. The SMILES string of the molecule is CC[C@@](O)(c1cc(F)c2c(c1)C(=O)N(C(c1ccc(Cl)cc1)C(C)C)[C@@]2(OC)c1ccc(Cl)cc1)C1CCOCC1. The van der Waals surface area contributed by atoms with E-state index in [1.165, 1.54) is 13.2 Å². The van der Waals surface area contributed by atoms with Crippen LogP contribution in [0.4, 0.5) is 4.39 Å². The molecule has 0 aromatic heterocycles. The lowest BCUT2D eigenvalue weighted by Gasteiger charge is -2.44. The summed E-state index contributed by atoms with van der Waals surface area (Å²) in [5.74, 6) is -1.18. The van der Waals surface area contributed by atoms with Crippen LogP contribution in [-0.2, 0) is 20.8 Å². The molecule has 0 bridgehead atoms. The van der Waals surface area contributed by atoms with Crippen molar-refractivity contribution in [2.24, 2.45) is 11.8 Å². The first-order valence-corrected chi connectivity index (χ1v) is 14.9. The van der Waals surface area contributed by atoms with Gasteiger partial charge >= 0.3 is 0 Å². The van der Waals surface area contributed by atoms with Gasteiger partial charge in [-0.1, -0.05) is 68.2 Å². The van der Waals surface area contributed by atoms with E-state index in [0.29, 0.717) is 53.6 Å². The number of amides is 1. The molecule has 1 fully saturated rings. The summed E-state index contributed by atoms with van der Waals surface area (Å²) in [4.78, 5) is 16.3. The second-order valence-electron chi connectivity index (χ2n) is 11.3. The maximum atomic E-state index is 16.7. The quantitative estimate of drug-likeness (QED) is 0.286. The summed E-state index contributed by atoms with van der Waals surface area (Å²) in [6.07, 6.45) is 1.68. The van der Waals surface area contributed by atoms with Crippen molar-refractivity contribution in [3.05, 3.63) is 104 Å². The van der Waals surface area contributed by atoms with Crippen molar-refractivity contribution in [3.8, 4) is 0 Å². The van der Waals surface area contributed by atoms with Crippen molar-refractivity contribution in [1.82, 2.24) is 4.90 Å². The van der Waals surface area contributed by atoms with E-state index in [-0.39, 0.29) is 28.9 Å². The number of fused-ring (bicyclic) bond motifs is 1. The molecule has 218 valence electrons. The van der Waals surface area contributed by atoms with E-state index in [4.69, 9.17) is 32.7 Å². The summed E-state index contributed by atoms with van der Waals surface area (Å²) >= 11 is 12.5. The summed E-state index contributed by atoms with van der Waals surface area (Å²) in [6.45, 7) is 6.99. The lowest BCUT2D eigenvalue weighted by molar-refractivity contribution is -0.109. The lowest BCUT2D eigenvalue weighted by Crippen LogP contribution is -2.49. The Hall–Kier alpha value is -2.48. The predicted molar refractivity (Wildman–Crippen MR) is 159 cm³/mol. The zero-order valence-corrected chi connectivity index (χ0v) is 25.3. The third kappa shape index (κ3) is 4.98. The average molecular weight is 601 g/mol. The summed E-state index contributed by atoms with van der Waals surface area (Å²) in [5.41, 5.74) is -0.788. The molecule has 0 radical (unpaired) electrons. The van der Waals surface area contributed by atoms with Crippen LogP contribution in [0.3, 0.4) is 0 Å². The van der Waals surface area contributed by atoms with E-state index in [1.807, 2.05) is 32.9 Å². The first kappa shape index (κ1) is 30.0. The van der Waals surface area contributed by atoms with Gasteiger partial charge in [0.2, 0.25) is 0 Å². The van der Waals surface area contributed by atoms with Gasteiger partial charge in [0.05, 0.1) is 22.8 Å². The van der Waals surface area contributed by atoms with E-state index in [0.717, 1.165) is 5.56 Å². The minimum atomic E-state index is -1.59. The molecule has 3 atom stereocenters. The molecule has 41 heavy (non-hydrogen) atoms. The highest BCUT2D eigenvalue weighted by molar-refractivity contribution is 6.30. The van der Waals surface area contributed by atoms with Crippen LogP contribution in [0, 0.1) is 17.7 Å². The monoisotopic (exact) mass is 599 g/mol. The molecule has 3 aromatic carbocycles. The van der Waals surface area contributed by atoms with Gasteiger partial charge in [0.15, 0.2) is 5.72 Å². The zero-order valence-electron chi connectivity index (χ0n) is 23.8. The Balaban J connectivity index is 1.77. The summed E-state index contributed by atoms with van der Waals surface area (Å²) in [7, 11) is 1.49. The molecule has 8 heteroatoms. The Labute approximate surface area is 251 Å². The number of hydrogen-bond donors (Lipinski definition) is 1. The summed E-state index contributed by atoms with van der Waals surface area (Å²) < 4.78 is 28.5. The van der Waals surface area contributed by atoms with E-state index < -0.39 is 23.2 Å². The van der Waals surface area contributed by atoms with Gasteiger partial charge < -0.3 is 14.6 Å². The van der Waals surface area contributed by atoms with Crippen LogP contribution in [0.25, 0.3) is 0 Å². The normalized spacial score (nSPS) is 21.7. The largest absolute Gasteiger partial charge is 0.385 e. The van der Waals surface area contributed by atoms with Crippen LogP contribution in [0.15, 0.2) is 60.7 Å². The van der Waals surface area contributed by atoms with Crippen molar-refractivity contribution >= 4 is 29.1 Å². The van der Waals surface area contributed by atoms with Gasteiger partial charge in [-0.15, -0.1) is 0 Å². The first-order valence-electron chi connectivity index (χ1n) is 14.1. The Morgan fingerprint density at radius 3 is 2.20 bits per heavy atom. The molecule has 0 saturated carbocycles. The van der Waals surface area contributed by atoms with E-state index in [1.54, 1.807) is 47.4 Å². The highest BCUT2D eigenvalue weighted by atomic mass is 35.5. The molecule has 1 N–H and O–H groups in total. The van der Waals surface area contributed by atoms with Gasteiger partial charge in [0.1, 0.15) is 5.82 Å². The van der Waals surface area contributed by atoms with E-state index >= 15 is 4.39 Å². The fraction of sp³-hybridized carbons (Fsp3) is 0.424. The Morgan fingerprint density at radius 2 is 1.66 bits per heavy atom. The van der Waals surface area contributed by atoms with Crippen molar-refractivity contribution in [3.63, 3.8) is 0 Å². The van der Waals surface area contributed by atoms with Crippen molar-refractivity contribution < 1.29 is 23.8 Å². The molecule has 5 rings (SSSR count). The van der Waals surface area contributed by atoms with Crippen molar-refractivity contribution in [2.45, 2.75) is 57.4 Å². The maximum Gasteiger partial charge on any atom is 0.257 e. The van der Waals surface area contributed by atoms with Crippen LogP contribution in [-0.4, -0.2) is 36.2 Å². The Kier molecular flexibility index (Phi) is 8.53. The minimum absolute atomic E-state index is 0.0754. The molecular weight excluding hydrogens is 564 g/mol. The third-order valence-corrected chi connectivity index (χ3v) is 9.31. The summed E-state index contributed by atoms with van der Waals surface area (Å²) in [5, 5.41) is 13.0. The molecule has 2 heterocycles. The van der Waals surface area contributed by atoms with Crippen molar-refractivity contribution in [1.29, 1.82) is 0 Å². The number of benzene rings is 3. The van der Waals surface area contributed by atoms with Crippen LogP contribution in [0.2, 0.25) is 10.0 Å². The fourth-order valence-electron chi connectivity index (χ4n) is 6.76. The van der Waals surface area contributed by atoms with E-state index in [2.05, 4.69) is 0 Å². The fourth-order valence-corrected chi connectivity index (χ4v) is 7.01. The molecular formula is C33H36Cl2FNO4. The van der Waals surface area contributed by atoms with E-state index in [9.17, 15) is 9.90 Å². The molecule has 3 aromatic rings. The maximum absolute atomic E-state index is 16.7. The molecule has 1 saturated heterocycles. The first-order chi connectivity index (χ1) is 19.6. The molecule has 2 aliphatic heterocycles. The van der Waals surface area contributed by atoms with Crippen LogP contribution >= 0.6 is 23.2 Å². The summed E-state index contributed by atoms with van der Waals surface area (Å²) in [6, 6.07) is 16.8. The number of rotatable bonds is 8. The lowest BCUT2D eigenvalue weighted by atomic mass is 9.74. The number of carbonyl (C=O) groups is 1. The van der Waals surface area contributed by atoms with Gasteiger partial charge in [-0.05, 0) is 78.6 Å². The molecule has 0 aliphatic carbocycles. The number of halogens is 3. The molecule has 0 spiro atoms. The third-order valence-electron chi connectivity index (χ3n) is 8.81. The number of carbonyl (C=O) groups excluding carboxylic acids is 1. The van der Waals surface area contributed by atoms with Gasteiger partial charge in [-0.2, -0.15) is 0 Å². The number of hydrogen-bond acceptors (Lipinski definition) is 4. The van der Waals surface area contributed by atoms with Gasteiger partial charge in [0.25, 0.3) is 5.91 Å². The number of methoxy groups -OCH3 is 1. The molecule has 1 amide bonds. The number of aliphatic hydroxyl groups is 1. The van der Waals surface area contributed by atoms with Crippen LogP contribution in [0.5, 0.6) is 0 Å². The standard InChI is InChI=1S/C33H36Cl2FNO4/c1-5-32(39,22-14-16-41-17-15-22)24-18-27-29(28(36)19-24)33(40-4,23-8-12-26(35)13-9-23)37(31(27)38)30(20(2)3)21-6-10-25(34)11-7-21/h6-13,18-20,22,30,39H,5,14-17H2,1-4H3/t30?,32-,33+/m0/s1. The van der Waals surface area contributed by atoms with Gasteiger partial charge in [0, 0.05) is 35.9 Å². The number of ether oxygens (including phenoxy) is 2. The second-order valence-corrected chi connectivity index (χ2v) is 12.2. The van der Waals surface area contributed by atoms with Gasteiger partial charge in [-0.25, -0.2) is 4.39 Å². The predicted octanol–water partition coefficient (Wildman–Crippen LogP) is 7.86. The average Bonchev–Trinajstić information content (AvgIpc) is 3.23. The highest BCUT2D eigenvalue weighted by Gasteiger charge is 2.57. The number of nitrogens with zero attached hydrogens (tertiary/aromatic N) is 1. The topological polar surface area (TPSA) is 59.0 Å². The van der Waals surface area contributed by atoms with Crippen molar-refractivity contribution in [2.75, 3.05) is 20.3 Å². The van der Waals surface area contributed by atoms with Crippen LogP contribution < -0.4 is 0 Å². The Morgan fingerprint density at radius 1 is 1.07 bits per heavy atom. The highest BCUT2D eigenvalue weighted by Crippen LogP contribution is 2.53. The van der Waals surface area contributed by atoms with Crippen LogP contribution in [0.1, 0.15) is 78.7 Å².